The van der Waals surface area contributed by atoms with Crippen molar-refractivity contribution in [3.8, 4) is 0 Å². The molecular weight excluding hydrogens is 397 g/mol. The Balaban J connectivity index is 1.53. The van der Waals surface area contributed by atoms with E-state index in [1.54, 1.807) is 12.1 Å². The van der Waals surface area contributed by atoms with Crippen LogP contribution in [0.1, 0.15) is 5.56 Å². The Hall–Kier alpha value is -1.04. The first-order valence-electron chi connectivity index (χ1n) is 7.99. The number of hydrogen-bond donors (Lipinski definition) is 1. The summed E-state index contributed by atoms with van der Waals surface area (Å²) in [4.78, 5) is 4.54. The van der Waals surface area contributed by atoms with E-state index in [9.17, 15) is 0 Å². The van der Waals surface area contributed by atoms with Crippen LogP contribution in [0, 0.1) is 0 Å². The summed E-state index contributed by atoms with van der Waals surface area (Å²) in [5, 5.41) is 5.88. The summed E-state index contributed by atoms with van der Waals surface area (Å²) in [6, 6.07) is 13.3. The molecular formula is C18H18Cl3N3S. The minimum Gasteiger partial charge on any atom is -0.346 e. The van der Waals surface area contributed by atoms with Gasteiger partial charge in [0.25, 0.3) is 0 Å². The maximum atomic E-state index is 6.25. The normalized spacial score (nSPS) is 15.2. The van der Waals surface area contributed by atoms with Gasteiger partial charge in [-0.05, 0) is 42.0 Å². The SMILES string of the molecule is S=C(Nc1ccc(Cl)cc1Cl)N1CCN(Cc2ccccc2Cl)CC1. The molecule has 0 spiro atoms. The number of hydrogen-bond acceptors (Lipinski definition) is 2. The van der Waals surface area contributed by atoms with Crippen LogP contribution in [0.15, 0.2) is 42.5 Å². The second-order valence-electron chi connectivity index (χ2n) is 5.91. The highest BCUT2D eigenvalue weighted by Crippen LogP contribution is 2.26. The van der Waals surface area contributed by atoms with Crippen LogP contribution in [0.2, 0.25) is 15.1 Å². The molecule has 3 nitrogen and oxygen atoms in total. The molecule has 7 heteroatoms. The molecule has 0 aliphatic carbocycles. The van der Waals surface area contributed by atoms with Crippen molar-refractivity contribution < 1.29 is 0 Å². The Kier molecular flexibility index (Phi) is 6.42. The highest BCUT2D eigenvalue weighted by atomic mass is 35.5. The zero-order chi connectivity index (χ0) is 17.8. The number of piperazine rings is 1. The van der Waals surface area contributed by atoms with E-state index in [0.717, 1.165) is 49.0 Å². The van der Waals surface area contributed by atoms with E-state index in [4.69, 9.17) is 47.0 Å². The Morgan fingerprint density at radius 1 is 0.960 bits per heavy atom. The lowest BCUT2D eigenvalue weighted by atomic mass is 10.2. The van der Waals surface area contributed by atoms with Crippen molar-refractivity contribution in [2.24, 2.45) is 0 Å². The van der Waals surface area contributed by atoms with Gasteiger partial charge in [0.15, 0.2) is 5.11 Å². The molecule has 1 heterocycles. The fourth-order valence-electron chi connectivity index (χ4n) is 2.76. The van der Waals surface area contributed by atoms with Gasteiger partial charge in [0.1, 0.15) is 0 Å². The van der Waals surface area contributed by atoms with Gasteiger partial charge in [-0.25, -0.2) is 0 Å². The number of anilines is 1. The average Bonchev–Trinajstić information content (AvgIpc) is 2.60. The summed E-state index contributed by atoms with van der Waals surface area (Å²) in [6.07, 6.45) is 0. The Bertz CT molecular complexity index is 761. The molecule has 0 unspecified atom stereocenters. The van der Waals surface area contributed by atoms with Crippen molar-refractivity contribution in [1.29, 1.82) is 0 Å². The second-order valence-corrected chi connectivity index (χ2v) is 7.55. The molecule has 0 saturated carbocycles. The van der Waals surface area contributed by atoms with Crippen LogP contribution in [-0.4, -0.2) is 41.1 Å². The van der Waals surface area contributed by atoms with E-state index in [1.807, 2.05) is 24.3 Å². The summed E-state index contributed by atoms with van der Waals surface area (Å²) in [7, 11) is 0. The topological polar surface area (TPSA) is 18.5 Å². The molecule has 0 atom stereocenters. The van der Waals surface area contributed by atoms with E-state index in [1.165, 1.54) is 0 Å². The molecule has 0 radical (unpaired) electrons. The average molecular weight is 415 g/mol. The third-order valence-corrected chi connectivity index (χ3v) is 5.46. The number of nitrogens with one attached hydrogen (secondary N) is 1. The van der Waals surface area contributed by atoms with Crippen LogP contribution in [0.5, 0.6) is 0 Å². The van der Waals surface area contributed by atoms with Crippen molar-refractivity contribution in [1.82, 2.24) is 9.80 Å². The molecule has 0 aromatic heterocycles. The molecule has 1 N–H and O–H groups in total. The number of benzene rings is 2. The van der Waals surface area contributed by atoms with Crippen molar-refractivity contribution in [3.63, 3.8) is 0 Å². The highest BCUT2D eigenvalue weighted by molar-refractivity contribution is 7.80. The first-order chi connectivity index (χ1) is 12.0. The quantitative estimate of drug-likeness (QED) is 0.699. The van der Waals surface area contributed by atoms with E-state index >= 15 is 0 Å². The Labute approximate surface area is 168 Å². The predicted octanol–water partition coefficient (Wildman–Crippen LogP) is 5.16. The molecule has 1 saturated heterocycles. The molecule has 1 aliphatic heterocycles. The minimum atomic E-state index is 0.562. The minimum absolute atomic E-state index is 0.562. The van der Waals surface area contributed by atoms with Gasteiger partial charge in [-0.3, -0.25) is 4.90 Å². The monoisotopic (exact) mass is 413 g/mol. The Morgan fingerprint density at radius 2 is 1.68 bits per heavy atom. The van der Waals surface area contributed by atoms with Gasteiger partial charge in [0, 0.05) is 42.8 Å². The van der Waals surface area contributed by atoms with Gasteiger partial charge in [-0.15, -0.1) is 0 Å². The van der Waals surface area contributed by atoms with Crippen LogP contribution < -0.4 is 5.32 Å². The van der Waals surface area contributed by atoms with Crippen molar-refractivity contribution >= 4 is 57.8 Å². The van der Waals surface area contributed by atoms with Gasteiger partial charge >= 0.3 is 0 Å². The molecule has 0 amide bonds. The summed E-state index contributed by atoms with van der Waals surface area (Å²) >= 11 is 23.9. The lowest BCUT2D eigenvalue weighted by molar-refractivity contribution is 0.177. The lowest BCUT2D eigenvalue weighted by Crippen LogP contribution is -2.49. The number of nitrogens with zero attached hydrogens (tertiary/aromatic N) is 2. The third kappa shape index (κ3) is 4.99. The number of rotatable bonds is 3. The predicted molar refractivity (Wildman–Crippen MR) is 111 cm³/mol. The molecule has 1 aliphatic rings. The van der Waals surface area contributed by atoms with E-state index in [0.29, 0.717) is 15.2 Å². The largest absolute Gasteiger partial charge is 0.346 e. The van der Waals surface area contributed by atoms with Gasteiger partial charge < -0.3 is 10.2 Å². The van der Waals surface area contributed by atoms with Gasteiger partial charge in [-0.2, -0.15) is 0 Å². The van der Waals surface area contributed by atoms with Gasteiger partial charge in [0.2, 0.25) is 0 Å². The number of thiocarbonyl (C=S) groups is 1. The van der Waals surface area contributed by atoms with Crippen LogP contribution in [0.25, 0.3) is 0 Å². The summed E-state index contributed by atoms with van der Waals surface area (Å²) in [5.74, 6) is 0. The zero-order valence-electron chi connectivity index (χ0n) is 13.5. The standard InChI is InChI=1S/C18H18Cl3N3S/c19-14-5-6-17(16(21)11-14)22-18(25)24-9-7-23(8-10-24)12-13-3-1-2-4-15(13)20/h1-6,11H,7-10,12H2,(H,22,25). The van der Waals surface area contributed by atoms with Crippen LogP contribution in [0.4, 0.5) is 5.69 Å². The van der Waals surface area contributed by atoms with E-state index in [2.05, 4.69) is 21.2 Å². The summed E-state index contributed by atoms with van der Waals surface area (Å²) < 4.78 is 0. The van der Waals surface area contributed by atoms with E-state index in [-0.39, 0.29) is 0 Å². The molecule has 132 valence electrons. The molecule has 0 bridgehead atoms. The molecule has 3 rings (SSSR count). The second kappa shape index (κ2) is 8.56. The zero-order valence-corrected chi connectivity index (χ0v) is 16.6. The summed E-state index contributed by atoms with van der Waals surface area (Å²) in [5.41, 5.74) is 1.93. The first kappa shape index (κ1) is 18.7. The third-order valence-electron chi connectivity index (χ3n) is 4.18. The maximum absolute atomic E-state index is 6.25. The van der Waals surface area contributed by atoms with Crippen LogP contribution >= 0.6 is 47.0 Å². The molecule has 25 heavy (non-hydrogen) atoms. The molecule has 2 aromatic rings. The molecule has 2 aromatic carbocycles. The van der Waals surface area contributed by atoms with Gasteiger partial charge in [-0.1, -0.05) is 53.0 Å². The Morgan fingerprint density at radius 3 is 2.36 bits per heavy atom. The smallest absolute Gasteiger partial charge is 0.173 e. The van der Waals surface area contributed by atoms with Crippen LogP contribution in [0.3, 0.4) is 0 Å². The van der Waals surface area contributed by atoms with Crippen LogP contribution in [-0.2, 0) is 6.54 Å². The highest BCUT2D eigenvalue weighted by Gasteiger charge is 2.20. The molecule has 1 fully saturated rings. The van der Waals surface area contributed by atoms with Crippen molar-refractivity contribution in [2.45, 2.75) is 6.54 Å². The number of halogens is 3. The summed E-state index contributed by atoms with van der Waals surface area (Å²) in [6.45, 7) is 4.45. The fraction of sp³-hybridized carbons (Fsp3) is 0.278. The van der Waals surface area contributed by atoms with Gasteiger partial charge in [0.05, 0.1) is 10.7 Å². The van der Waals surface area contributed by atoms with E-state index < -0.39 is 0 Å². The maximum Gasteiger partial charge on any atom is 0.173 e. The lowest BCUT2D eigenvalue weighted by Gasteiger charge is -2.36. The first-order valence-corrected chi connectivity index (χ1v) is 9.54. The fourth-order valence-corrected chi connectivity index (χ4v) is 3.71. The van der Waals surface area contributed by atoms with Crippen molar-refractivity contribution in [3.05, 3.63) is 63.1 Å². The van der Waals surface area contributed by atoms with Crippen molar-refractivity contribution in [2.75, 3.05) is 31.5 Å².